The molecule has 1 aliphatic carbocycles. The van der Waals surface area contributed by atoms with E-state index in [2.05, 4.69) is 17.4 Å². The van der Waals surface area contributed by atoms with E-state index in [0.717, 1.165) is 13.1 Å². The van der Waals surface area contributed by atoms with Gasteiger partial charge in [-0.05, 0) is 32.6 Å². The minimum Gasteiger partial charge on any atom is -0.412 e. The normalized spacial score (nSPS) is 15.4. The van der Waals surface area contributed by atoms with Crippen LogP contribution in [0.2, 0.25) is 0 Å². The van der Waals surface area contributed by atoms with Crippen molar-refractivity contribution in [1.82, 2.24) is 15.7 Å². The molecule has 1 saturated carbocycles. The molecule has 0 atom stereocenters. The Kier molecular flexibility index (Phi) is 6.57. The van der Waals surface area contributed by atoms with Crippen LogP contribution in [0.5, 0.6) is 0 Å². The first kappa shape index (κ1) is 14.8. The van der Waals surface area contributed by atoms with Gasteiger partial charge in [0.05, 0.1) is 0 Å². The third-order valence-electron chi connectivity index (χ3n) is 3.18. The van der Waals surface area contributed by atoms with E-state index in [4.69, 9.17) is 4.84 Å². The molecule has 0 spiro atoms. The number of hydrogen-bond acceptors (Lipinski definition) is 3. The van der Waals surface area contributed by atoms with E-state index in [-0.39, 0.29) is 12.7 Å². The van der Waals surface area contributed by atoms with Gasteiger partial charge in [0, 0.05) is 13.1 Å². The quantitative estimate of drug-likeness (QED) is 0.317. The molecule has 0 heterocycles. The number of carbonyl (C=O) groups is 1. The van der Waals surface area contributed by atoms with Gasteiger partial charge < -0.3 is 15.1 Å². The van der Waals surface area contributed by atoms with Crippen molar-refractivity contribution in [2.75, 3.05) is 19.8 Å². The average Bonchev–Trinajstić information content (AvgIpc) is 2.84. The maximum absolute atomic E-state index is 11.9. The van der Waals surface area contributed by atoms with Crippen LogP contribution in [0.25, 0.3) is 0 Å². The molecule has 1 rings (SSSR count). The van der Waals surface area contributed by atoms with Crippen molar-refractivity contribution in [2.45, 2.75) is 39.5 Å². The predicted molar refractivity (Wildman–Crippen MR) is 71.6 cm³/mol. The van der Waals surface area contributed by atoms with E-state index in [0.29, 0.717) is 11.7 Å². The van der Waals surface area contributed by atoms with Gasteiger partial charge in [0.2, 0.25) is 0 Å². The van der Waals surface area contributed by atoms with Gasteiger partial charge in [0.15, 0.2) is 0 Å². The maximum Gasteiger partial charge on any atom is 0.318 e. The molecule has 0 aromatic rings. The second-order valence-electron chi connectivity index (χ2n) is 4.80. The lowest BCUT2D eigenvalue weighted by Crippen LogP contribution is -2.45. The van der Waals surface area contributed by atoms with Crippen molar-refractivity contribution in [3.05, 3.63) is 12.3 Å². The second-order valence-corrected chi connectivity index (χ2v) is 4.80. The Morgan fingerprint density at radius 2 is 2.11 bits per heavy atom. The zero-order chi connectivity index (χ0) is 13.4. The molecule has 0 radical (unpaired) electrons. The summed E-state index contributed by atoms with van der Waals surface area (Å²) in [5, 5.41) is 2.77. The van der Waals surface area contributed by atoms with Crippen molar-refractivity contribution < 1.29 is 9.63 Å². The topological polar surface area (TPSA) is 53.6 Å². The average molecular weight is 255 g/mol. The molecule has 0 aromatic heterocycles. The molecule has 1 fully saturated rings. The Balaban J connectivity index is 2.21. The predicted octanol–water partition coefficient (Wildman–Crippen LogP) is 2.22. The number of carbonyl (C=O) groups excluding carboxylic acids is 1. The molecule has 18 heavy (non-hydrogen) atoms. The molecule has 1 aliphatic rings. The molecule has 5 heteroatoms. The SMILES string of the molecule is C=C(C)ONCNC(=O)N(CC)CC1CCCC1. The molecule has 2 N–H and O–H groups in total. The summed E-state index contributed by atoms with van der Waals surface area (Å²) < 4.78 is 0. The van der Waals surface area contributed by atoms with Gasteiger partial charge in [-0.25, -0.2) is 4.79 Å². The molecule has 0 saturated heterocycles. The largest absolute Gasteiger partial charge is 0.412 e. The van der Waals surface area contributed by atoms with Gasteiger partial charge in [0.25, 0.3) is 0 Å². The smallest absolute Gasteiger partial charge is 0.318 e. The Morgan fingerprint density at radius 1 is 1.44 bits per heavy atom. The molecule has 104 valence electrons. The standard InChI is InChI=1S/C13H25N3O2/c1-4-16(9-12-7-5-6-8-12)13(17)14-10-15-18-11(2)3/h12,15H,2,4-10H2,1,3H3,(H,14,17). The Bertz CT molecular complexity index is 275. The molecule has 5 nitrogen and oxygen atoms in total. The highest BCUT2D eigenvalue weighted by atomic mass is 16.6. The minimum absolute atomic E-state index is 0.0396. The van der Waals surface area contributed by atoms with Crippen molar-refractivity contribution >= 4 is 6.03 Å². The summed E-state index contributed by atoms with van der Waals surface area (Å²) >= 11 is 0. The molecular weight excluding hydrogens is 230 g/mol. The van der Waals surface area contributed by atoms with E-state index in [9.17, 15) is 4.79 Å². The van der Waals surface area contributed by atoms with E-state index in [1.165, 1.54) is 25.7 Å². The Hall–Kier alpha value is -1.23. The van der Waals surface area contributed by atoms with E-state index >= 15 is 0 Å². The van der Waals surface area contributed by atoms with Crippen molar-refractivity contribution in [3.63, 3.8) is 0 Å². The molecule has 0 aliphatic heterocycles. The fourth-order valence-corrected chi connectivity index (χ4v) is 2.24. The van der Waals surface area contributed by atoms with Gasteiger partial charge in [-0.1, -0.05) is 19.4 Å². The van der Waals surface area contributed by atoms with Gasteiger partial charge in [-0.3, -0.25) is 0 Å². The van der Waals surface area contributed by atoms with Gasteiger partial charge in [-0.15, -0.1) is 5.48 Å². The van der Waals surface area contributed by atoms with Gasteiger partial charge in [-0.2, -0.15) is 0 Å². The first-order valence-electron chi connectivity index (χ1n) is 6.71. The summed E-state index contributed by atoms with van der Waals surface area (Å²) in [7, 11) is 0. The van der Waals surface area contributed by atoms with Crippen LogP contribution in [0.4, 0.5) is 4.79 Å². The van der Waals surface area contributed by atoms with Crippen molar-refractivity contribution in [2.24, 2.45) is 5.92 Å². The Labute approximate surface area is 110 Å². The summed E-state index contributed by atoms with van der Waals surface area (Å²) in [4.78, 5) is 18.7. The number of hydroxylamine groups is 1. The second kappa shape index (κ2) is 7.97. The highest BCUT2D eigenvalue weighted by Crippen LogP contribution is 2.25. The van der Waals surface area contributed by atoms with Crippen LogP contribution in [-0.4, -0.2) is 30.7 Å². The summed E-state index contributed by atoms with van der Waals surface area (Å²) in [6, 6.07) is -0.0396. The van der Waals surface area contributed by atoms with Crippen LogP contribution in [0.1, 0.15) is 39.5 Å². The zero-order valence-electron chi connectivity index (χ0n) is 11.5. The first-order valence-corrected chi connectivity index (χ1v) is 6.71. The van der Waals surface area contributed by atoms with Crippen LogP contribution in [0.15, 0.2) is 12.3 Å². The lowest BCUT2D eigenvalue weighted by molar-refractivity contribution is 0.1000. The molecule has 0 unspecified atom stereocenters. The third-order valence-corrected chi connectivity index (χ3v) is 3.18. The summed E-state index contributed by atoms with van der Waals surface area (Å²) in [5.74, 6) is 1.25. The lowest BCUT2D eigenvalue weighted by Gasteiger charge is -2.24. The van der Waals surface area contributed by atoms with Crippen LogP contribution in [0.3, 0.4) is 0 Å². The number of nitrogens with zero attached hydrogens (tertiary/aromatic N) is 1. The fraction of sp³-hybridized carbons (Fsp3) is 0.769. The third kappa shape index (κ3) is 5.40. The van der Waals surface area contributed by atoms with Crippen LogP contribution >= 0.6 is 0 Å². The number of rotatable bonds is 7. The summed E-state index contributed by atoms with van der Waals surface area (Å²) in [6.45, 7) is 9.22. The summed E-state index contributed by atoms with van der Waals surface area (Å²) in [6.07, 6.45) is 5.11. The van der Waals surface area contributed by atoms with E-state index < -0.39 is 0 Å². The Morgan fingerprint density at radius 3 is 2.67 bits per heavy atom. The van der Waals surface area contributed by atoms with Crippen molar-refractivity contribution in [1.29, 1.82) is 0 Å². The number of amides is 2. The molecular formula is C13H25N3O2. The number of urea groups is 1. The lowest BCUT2D eigenvalue weighted by atomic mass is 10.1. The number of nitrogens with one attached hydrogen (secondary N) is 2. The maximum atomic E-state index is 11.9. The van der Waals surface area contributed by atoms with Gasteiger partial charge in [0.1, 0.15) is 12.4 Å². The molecule has 2 amide bonds. The minimum atomic E-state index is -0.0396. The van der Waals surface area contributed by atoms with Crippen LogP contribution in [-0.2, 0) is 4.84 Å². The number of hydrogen-bond donors (Lipinski definition) is 2. The van der Waals surface area contributed by atoms with E-state index in [1.54, 1.807) is 6.92 Å². The molecule has 0 bridgehead atoms. The highest BCUT2D eigenvalue weighted by molar-refractivity contribution is 5.74. The van der Waals surface area contributed by atoms with Gasteiger partial charge >= 0.3 is 6.03 Å². The zero-order valence-corrected chi connectivity index (χ0v) is 11.5. The van der Waals surface area contributed by atoms with Crippen LogP contribution < -0.4 is 10.8 Å². The molecule has 0 aromatic carbocycles. The van der Waals surface area contributed by atoms with Crippen LogP contribution in [0, 0.1) is 5.92 Å². The first-order chi connectivity index (χ1) is 8.63. The monoisotopic (exact) mass is 255 g/mol. The fourth-order valence-electron chi connectivity index (χ4n) is 2.24. The van der Waals surface area contributed by atoms with E-state index in [1.807, 2.05) is 11.8 Å². The number of allylic oxidation sites excluding steroid dienone is 1. The van der Waals surface area contributed by atoms with Crippen molar-refractivity contribution in [3.8, 4) is 0 Å². The summed E-state index contributed by atoms with van der Waals surface area (Å²) in [5.41, 5.74) is 2.63. The highest BCUT2D eigenvalue weighted by Gasteiger charge is 2.20.